The molecule has 0 amide bonds. The average molecular weight is 256 g/mol. The highest BCUT2D eigenvalue weighted by molar-refractivity contribution is 5.70. The summed E-state index contributed by atoms with van der Waals surface area (Å²) >= 11 is 0. The molecule has 1 rings (SSSR count). The quantitative estimate of drug-likeness (QED) is 0.387. The maximum atomic E-state index is 10.9. The highest BCUT2D eigenvalue weighted by Crippen LogP contribution is 2.35. The summed E-state index contributed by atoms with van der Waals surface area (Å²) in [7, 11) is 0. The first-order valence-electron chi connectivity index (χ1n) is 5.44. The zero-order valence-corrected chi connectivity index (χ0v) is 10.00. The fourth-order valence-corrected chi connectivity index (χ4v) is 1.51. The number of benzene rings is 1. The molecular formula is C11H16N2O5. The third-order valence-electron chi connectivity index (χ3n) is 2.30. The van der Waals surface area contributed by atoms with Gasteiger partial charge in [-0.25, -0.2) is 0 Å². The van der Waals surface area contributed by atoms with Gasteiger partial charge in [-0.15, -0.1) is 0 Å². The lowest BCUT2D eigenvalue weighted by Gasteiger charge is -2.12. The smallest absolute Gasteiger partial charge is 0.299 e. The number of ether oxygens (including phenoxy) is 1. The Hall–Kier alpha value is -1.86. The molecule has 0 aliphatic heterocycles. The zero-order chi connectivity index (χ0) is 13.7. The number of nitro groups is 1. The number of nitrogen functional groups attached to an aromatic ring is 1. The minimum absolute atomic E-state index is 0.000695. The number of nitrogens with two attached hydrogens (primary N) is 1. The van der Waals surface area contributed by atoms with Crippen LogP contribution in [0.1, 0.15) is 12.5 Å². The summed E-state index contributed by atoms with van der Waals surface area (Å²) in [5.41, 5.74) is 5.67. The topological polar surface area (TPSA) is 119 Å². The van der Waals surface area contributed by atoms with E-state index in [2.05, 4.69) is 0 Å². The van der Waals surface area contributed by atoms with Crippen LogP contribution in [0.15, 0.2) is 12.1 Å². The Kier molecular flexibility index (Phi) is 4.87. The molecule has 0 spiro atoms. The van der Waals surface area contributed by atoms with Gasteiger partial charge in [-0.1, -0.05) is 0 Å². The maximum absolute atomic E-state index is 10.9. The molecule has 7 nitrogen and oxygen atoms in total. The number of hydrogen-bond donors (Lipinski definition) is 3. The molecule has 0 aliphatic carbocycles. The highest BCUT2D eigenvalue weighted by atomic mass is 16.6. The van der Waals surface area contributed by atoms with Crippen molar-refractivity contribution < 1.29 is 19.9 Å². The Balaban J connectivity index is 3.09. The van der Waals surface area contributed by atoms with E-state index in [1.807, 2.05) is 0 Å². The Morgan fingerprint density at radius 1 is 1.56 bits per heavy atom. The van der Waals surface area contributed by atoms with E-state index in [1.165, 1.54) is 19.1 Å². The molecular weight excluding hydrogens is 240 g/mol. The van der Waals surface area contributed by atoms with E-state index in [4.69, 9.17) is 20.7 Å². The van der Waals surface area contributed by atoms with Crippen LogP contribution in [-0.2, 0) is 6.42 Å². The number of rotatable bonds is 6. The van der Waals surface area contributed by atoms with E-state index in [1.54, 1.807) is 0 Å². The first-order chi connectivity index (χ1) is 8.47. The monoisotopic (exact) mass is 256 g/mol. The van der Waals surface area contributed by atoms with Crippen LogP contribution in [0.4, 0.5) is 11.4 Å². The maximum Gasteiger partial charge on any atom is 0.299 e. The van der Waals surface area contributed by atoms with Gasteiger partial charge in [-0.2, -0.15) is 0 Å². The molecule has 100 valence electrons. The van der Waals surface area contributed by atoms with Crippen molar-refractivity contribution in [1.29, 1.82) is 0 Å². The van der Waals surface area contributed by atoms with Crippen molar-refractivity contribution in [2.45, 2.75) is 19.4 Å². The van der Waals surface area contributed by atoms with Gasteiger partial charge in [0.05, 0.1) is 11.0 Å². The summed E-state index contributed by atoms with van der Waals surface area (Å²) in [5.74, 6) is 0.157. The zero-order valence-electron chi connectivity index (χ0n) is 10.00. The molecule has 0 heterocycles. The van der Waals surface area contributed by atoms with Gasteiger partial charge in [0.25, 0.3) is 5.69 Å². The summed E-state index contributed by atoms with van der Waals surface area (Å²) < 4.78 is 5.18. The molecule has 1 aromatic rings. The SMILES string of the molecule is CC(O)COc1ccc(CCO)c([N+](=O)[O-])c1N. The molecule has 0 saturated heterocycles. The van der Waals surface area contributed by atoms with Crippen LogP contribution in [0, 0.1) is 10.1 Å². The van der Waals surface area contributed by atoms with Crippen LogP contribution in [0.5, 0.6) is 5.75 Å². The molecule has 18 heavy (non-hydrogen) atoms. The van der Waals surface area contributed by atoms with Gasteiger partial charge in [0.2, 0.25) is 0 Å². The molecule has 1 atom stereocenters. The predicted molar refractivity (Wildman–Crippen MR) is 65.5 cm³/mol. The standard InChI is InChI=1S/C11H16N2O5/c1-7(15)6-18-9-3-2-8(4-5-14)11(10(9)12)13(16)17/h2-3,7,14-15H,4-6,12H2,1H3. The summed E-state index contributed by atoms with van der Waals surface area (Å²) in [6.07, 6.45) is -0.544. The lowest BCUT2D eigenvalue weighted by molar-refractivity contribution is -0.384. The van der Waals surface area contributed by atoms with Crippen molar-refractivity contribution >= 4 is 11.4 Å². The normalized spacial score (nSPS) is 12.2. The molecule has 0 aliphatic rings. The first kappa shape index (κ1) is 14.2. The Morgan fingerprint density at radius 3 is 2.72 bits per heavy atom. The van der Waals surface area contributed by atoms with Gasteiger partial charge in [0.15, 0.2) is 5.69 Å². The van der Waals surface area contributed by atoms with E-state index in [-0.39, 0.29) is 36.8 Å². The lowest BCUT2D eigenvalue weighted by atomic mass is 10.1. The van der Waals surface area contributed by atoms with E-state index >= 15 is 0 Å². The molecule has 1 aromatic carbocycles. The van der Waals surface area contributed by atoms with Gasteiger partial charge >= 0.3 is 0 Å². The van der Waals surface area contributed by atoms with Gasteiger partial charge in [0, 0.05) is 18.6 Å². The van der Waals surface area contributed by atoms with Crippen LogP contribution in [-0.4, -0.2) is 34.5 Å². The minimum atomic E-state index is -0.694. The Bertz CT molecular complexity index is 434. The summed E-state index contributed by atoms with van der Waals surface area (Å²) in [4.78, 5) is 10.3. The van der Waals surface area contributed by atoms with Crippen molar-refractivity contribution in [3.8, 4) is 5.75 Å². The second kappa shape index (κ2) is 6.18. The first-order valence-corrected chi connectivity index (χ1v) is 5.44. The van der Waals surface area contributed by atoms with Crippen molar-refractivity contribution in [1.82, 2.24) is 0 Å². The minimum Gasteiger partial charge on any atom is -0.488 e. The number of aliphatic hydroxyl groups is 2. The number of nitro benzene ring substituents is 1. The molecule has 0 bridgehead atoms. The van der Waals surface area contributed by atoms with E-state index in [0.29, 0.717) is 5.56 Å². The molecule has 4 N–H and O–H groups in total. The molecule has 0 fully saturated rings. The molecule has 0 saturated carbocycles. The van der Waals surface area contributed by atoms with E-state index < -0.39 is 11.0 Å². The van der Waals surface area contributed by atoms with Crippen molar-refractivity contribution in [3.05, 3.63) is 27.8 Å². The van der Waals surface area contributed by atoms with Crippen LogP contribution in [0.25, 0.3) is 0 Å². The van der Waals surface area contributed by atoms with Gasteiger partial charge < -0.3 is 20.7 Å². The van der Waals surface area contributed by atoms with Gasteiger partial charge in [-0.3, -0.25) is 10.1 Å². The van der Waals surface area contributed by atoms with Crippen molar-refractivity contribution in [2.75, 3.05) is 18.9 Å². The van der Waals surface area contributed by atoms with E-state index in [9.17, 15) is 10.1 Å². The van der Waals surface area contributed by atoms with E-state index in [0.717, 1.165) is 0 Å². The average Bonchev–Trinajstić information content (AvgIpc) is 2.27. The van der Waals surface area contributed by atoms with Crippen molar-refractivity contribution in [3.63, 3.8) is 0 Å². The third kappa shape index (κ3) is 3.31. The van der Waals surface area contributed by atoms with Crippen LogP contribution in [0.2, 0.25) is 0 Å². The fourth-order valence-electron chi connectivity index (χ4n) is 1.51. The largest absolute Gasteiger partial charge is 0.488 e. The van der Waals surface area contributed by atoms with Crippen LogP contribution >= 0.6 is 0 Å². The predicted octanol–water partition coefficient (Wildman–Crippen LogP) is 0.471. The molecule has 7 heteroatoms. The summed E-state index contributed by atoms with van der Waals surface area (Å²) in [6, 6.07) is 2.98. The number of aliphatic hydroxyl groups excluding tert-OH is 2. The molecule has 1 unspecified atom stereocenters. The molecule has 0 aromatic heterocycles. The Morgan fingerprint density at radius 2 is 2.22 bits per heavy atom. The highest BCUT2D eigenvalue weighted by Gasteiger charge is 2.21. The summed E-state index contributed by atoms with van der Waals surface area (Å²) in [5, 5.41) is 28.9. The van der Waals surface area contributed by atoms with Crippen LogP contribution in [0.3, 0.4) is 0 Å². The van der Waals surface area contributed by atoms with Crippen molar-refractivity contribution in [2.24, 2.45) is 0 Å². The lowest BCUT2D eigenvalue weighted by Crippen LogP contribution is -2.14. The molecule has 0 radical (unpaired) electrons. The summed E-state index contributed by atoms with van der Waals surface area (Å²) in [6.45, 7) is 1.33. The number of anilines is 1. The number of hydrogen-bond acceptors (Lipinski definition) is 6. The second-order valence-corrected chi connectivity index (χ2v) is 3.88. The second-order valence-electron chi connectivity index (χ2n) is 3.88. The fraction of sp³-hybridized carbons (Fsp3) is 0.455. The number of nitrogens with zero attached hydrogens (tertiary/aromatic N) is 1. The van der Waals surface area contributed by atoms with Crippen LogP contribution < -0.4 is 10.5 Å². The van der Waals surface area contributed by atoms with Gasteiger partial charge in [-0.05, 0) is 19.1 Å². The van der Waals surface area contributed by atoms with Gasteiger partial charge in [0.1, 0.15) is 12.4 Å². The Labute approximate surface area is 104 Å². The third-order valence-corrected chi connectivity index (χ3v) is 2.30.